The number of amides is 1. The predicted molar refractivity (Wildman–Crippen MR) is 151 cm³/mol. The molecule has 0 saturated heterocycles. The van der Waals surface area contributed by atoms with E-state index in [0.29, 0.717) is 22.0 Å². The van der Waals surface area contributed by atoms with E-state index in [2.05, 4.69) is 5.32 Å². The van der Waals surface area contributed by atoms with Crippen molar-refractivity contribution in [2.75, 3.05) is 19.4 Å². The number of benzene rings is 2. The first-order valence-corrected chi connectivity index (χ1v) is 13.5. The average molecular weight is 563 g/mol. The van der Waals surface area contributed by atoms with Crippen LogP contribution in [0, 0.1) is 17.3 Å². The predicted octanol–water partition coefficient (Wildman–Crippen LogP) is 3.36. The van der Waals surface area contributed by atoms with Crippen LogP contribution in [0.2, 0.25) is 0 Å². The Labute approximate surface area is 237 Å². The third-order valence-corrected chi connectivity index (χ3v) is 8.57. The van der Waals surface area contributed by atoms with Crippen LogP contribution in [0.15, 0.2) is 46.9 Å². The Bertz CT molecular complexity index is 1630. The lowest BCUT2D eigenvalue weighted by Crippen LogP contribution is -2.63. The molecule has 0 aliphatic heterocycles. The zero-order valence-corrected chi connectivity index (χ0v) is 23.8. The van der Waals surface area contributed by atoms with Crippen LogP contribution in [-0.4, -0.2) is 74.3 Å². The first-order chi connectivity index (χ1) is 19.0. The number of nitrogens with one attached hydrogen (secondary N) is 1. The Kier molecular flexibility index (Phi) is 6.43. The third-order valence-electron chi connectivity index (χ3n) is 8.57. The van der Waals surface area contributed by atoms with Crippen molar-refractivity contribution in [3.8, 4) is 5.75 Å². The summed E-state index contributed by atoms with van der Waals surface area (Å²) in [5.41, 5.74) is -3.18. The largest absolute Gasteiger partial charge is 0.510 e. The van der Waals surface area contributed by atoms with Crippen LogP contribution in [0.1, 0.15) is 50.0 Å². The number of aromatic hydroxyl groups is 1. The zero-order valence-electron chi connectivity index (χ0n) is 23.8. The van der Waals surface area contributed by atoms with Gasteiger partial charge in [-0.1, -0.05) is 32.9 Å². The van der Waals surface area contributed by atoms with Crippen molar-refractivity contribution >= 4 is 39.7 Å². The second-order valence-corrected chi connectivity index (χ2v) is 12.6. The number of Topliss-reactive ketones (excluding diaryl/α,β-unsaturated/α-hetero) is 3. The second kappa shape index (κ2) is 9.25. The topological polar surface area (TPSA) is 164 Å². The Morgan fingerprint density at radius 3 is 2.32 bits per heavy atom. The van der Waals surface area contributed by atoms with Crippen molar-refractivity contribution in [2.24, 2.45) is 17.3 Å². The molecule has 0 fully saturated rings. The zero-order chi connectivity index (χ0) is 30.3. The summed E-state index contributed by atoms with van der Waals surface area (Å²) >= 11 is 0. The Balaban J connectivity index is 1.66. The van der Waals surface area contributed by atoms with Gasteiger partial charge in [-0.3, -0.25) is 24.1 Å². The Morgan fingerprint density at radius 2 is 1.73 bits per heavy atom. The molecule has 1 amide bonds. The highest BCUT2D eigenvalue weighted by molar-refractivity contribution is 6.25. The van der Waals surface area contributed by atoms with Gasteiger partial charge in [0.15, 0.2) is 17.2 Å². The SMILES string of the molecule is CC(=O)C1=C(O)[C@@H](N(C)C)[C@@H]2C[C@@H]3Cc4cc5ccc(NC(=O)C(C)(C)C)cc5c(O)c4C(=O)C3=C(O)[C@]2(O)C1=O. The number of carbonyl (C=O) groups excluding carboxylic acids is 4. The summed E-state index contributed by atoms with van der Waals surface area (Å²) in [7, 11) is 3.24. The number of aliphatic hydroxyl groups excluding tert-OH is 2. The summed E-state index contributed by atoms with van der Waals surface area (Å²) in [5.74, 6) is -6.23. The van der Waals surface area contributed by atoms with E-state index in [1.807, 2.05) is 0 Å². The summed E-state index contributed by atoms with van der Waals surface area (Å²) in [6.45, 7) is 6.38. The molecule has 216 valence electrons. The minimum atomic E-state index is -2.61. The average Bonchev–Trinajstić information content (AvgIpc) is 2.85. The normalized spacial score (nSPS) is 26.2. The maximum Gasteiger partial charge on any atom is 0.229 e. The van der Waals surface area contributed by atoms with Gasteiger partial charge < -0.3 is 25.7 Å². The first-order valence-electron chi connectivity index (χ1n) is 13.5. The molecule has 2 aromatic rings. The van der Waals surface area contributed by atoms with Gasteiger partial charge in [0.05, 0.1) is 11.6 Å². The van der Waals surface area contributed by atoms with Gasteiger partial charge in [-0.25, -0.2) is 0 Å². The molecule has 0 saturated carbocycles. The molecule has 0 unspecified atom stereocenters. The van der Waals surface area contributed by atoms with Crippen molar-refractivity contribution < 1.29 is 39.6 Å². The smallest absolute Gasteiger partial charge is 0.229 e. The summed E-state index contributed by atoms with van der Waals surface area (Å²) in [4.78, 5) is 53.8. The van der Waals surface area contributed by atoms with Crippen molar-refractivity contribution in [1.82, 2.24) is 4.90 Å². The number of hydrogen-bond acceptors (Lipinski definition) is 9. The van der Waals surface area contributed by atoms with Crippen molar-refractivity contribution in [3.05, 3.63) is 58.1 Å². The number of aliphatic hydroxyl groups is 3. The van der Waals surface area contributed by atoms with Crippen LogP contribution in [-0.2, 0) is 20.8 Å². The van der Waals surface area contributed by atoms with E-state index in [0.717, 1.165) is 6.92 Å². The van der Waals surface area contributed by atoms with Crippen LogP contribution < -0.4 is 5.32 Å². The van der Waals surface area contributed by atoms with Gasteiger partial charge in [0.2, 0.25) is 11.7 Å². The van der Waals surface area contributed by atoms with E-state index in [1.54, 1.807) is 64.0 Å². The van der Waals surface area contributed by atoms with Crippen LogP contribution in [0.3, 0.4) is 0 Å². The molecule has 0 heterocycles. The van der Waals surface area contributed by atoms with Gasteiger partial charge in [0.1, 0.15) is 22.8 Å². The Hall–Kier alpha value is -4.02. The molecule has 10 heteroatoms. The number of rotatable bonds is 3. The molecular formula is C31H34N2O8. The second-order valence-electron chi connectivity index (χ2n) is 12.6. The number of allylic oxidation sites excluding steroid dienone is 1. The highest BCUT2D eigenvalue weighted by atomic mass is 16.3. The molecule has 0 aromatic heterocycles. The van der Waals surface area contributed by atoms with Gasteiger partial charge >= 0.3 is 0 Å². The van der Waals surface area contributed by atoms with Crippen molar-refractivity contribution in [3.63, 3.8) is 0 Å². The van der Waals surface area contributed by atoms with Crippen molar-refractivity contribution in [2.45, 2.75) is 52.2 Å². The van der Waals surface area contributed by atoms with Crippen LogP contribution in [0.4, 0.5) is 5.69 Å². The fourth-order valence-corrected chi connectivity index (χ4v) is 6.52. The number of anilines is 1. The third kappa shape index (κ3) is 4.07. The molecule has 10 nitrogen and oxygen atoms in total. The highest BCUT2D eigenvalue weighted by Crippen LogP contribution is 2.53. The lowest BCUT2D eigenvalue weighted by Gasteiger charge is -2.50. The molecule has 5 rings (SSSR count). The quantitative estimate of drug-likeness (QED) is 0.353. The van der Waals surface area contributed by atoms with Crippen LogP contribution >= 0.6 is 0 Å². The van der Waals surface area contributed by atoms with Gasteiger partial charge in [0, 0.05) is 28.0 Å². The van der Waals surface area contributed by atoms with E-state index in [-0.39, 0.29) is 35.6 Å². The summed E-state index contributed by atoms with van der Waals surface area (Å²) in [6.07, 6.45) is 0.277. The number of likely N-dealkylation sites (N-methyl/N-ethyl adjacent to an activating group) is 1. The lowest BCUT2D eigenvalue weighted by molar-refractivity contribution is -0.148. The molecule has 0 spiro atoms. The number of carbonyl (C=O) groups is 4. The maximum atomic E-state index is 13.9. The number of hydrogen-bond donors (Lipinski definition) is 5. The number of ketones is 3. The minimum Gasteiger partial charge on any atom is -0.510 e. The number of phenolic OH excluding ortho intramolecular Hbond substituents is 1. The first kappa shape index (κ1) is 28.5. The summed E-state index contributed by atoms with van der Waals surface area (Å²) in [6, 6.07) is 5.80. The monoisotopic (exact) mass is 562 g/mol. The van der Waals surface area contributed by atoms with Gasteiger partial charge in [0.25, 0.3) is 0 Å². The molecule has 4 atom stereocenters. The van der Waals surface area contributed by atoms with Gasteiger partial charge in [-0.15, -0.1) is 0 Å². The molecular weight excluding hydrogens is 528 g/mol. The molecule has 3 aliphatic carbocycles. The highest BCUT2D eigenvalue weighted by Gasteiger charge is 2.63. The standard InChI is InChI=1S/C31H34N2O8/c1-13(34)20-26(37)23(33(5)6)19-11-16-10-15-9-14-7-8-17(32-29(40)30(2,3)4)12-18(14)24(35)21(15)25(36)22(16)28(39)31(19,41)27(20)38/h7-9,12,16,19,23,35,37,39,41H,10-11H2,1-6H3,(H,32,40)/t16-,19-,23-,31+/m0/s1. The minimum absolute atomic E-state index is 0.0570. The number of fused-ring (bicyclic) bond motifs is 4. The number of nitrogens with zero attached hydrogens (tertiary/aromatic N) is 1. The van der Waals surface area contributed by atoms with Gasteiger partial charge in [-0.05, 0) is 62.9 Å². The van der Waals surface area contributed by atoms with Crippen LogP contribution in [0.5, 0.6) is 5.75 Å². The number of phenols is 1. The van der Waals surface area contributed by atoms with E-state index in [4.69, 9.17) is 0 Å². The molecule has 2 aromatic carbocycles. The fourth-order valence-electron chi connectivity index (χ4n) is 6.52. The van der Waals surface area contributed by atoms with E-state index < -0.39 is 63.3 Å². The van der Waals surface area contributed by atoms with E-state index >= 15 is 0 Å². The molecule has 0 radical (unpaired) electrons. The maximum absolute atomic E-state index is 13.9. The Morgan fingerprint density at radius 1 is 1.07 bits per heavy atom. The summed E-state index contributed by atoms with van der Waals surface area (Å²) in [5, 5.41) is 49.2. The lowest BCUT2D eigenvalue weighted by atomic mass is 9.58. The fraction of sp³-hybridized carbons (Fsp3) is 0.419. The molecule has 5 N–H and O–H groups in total. The van der Waals surface area contributed by atoms with E-state index in [9.17, 15) is 39.6 Å². The van der Waals surface area contributed by atoms with Crippen LogP contribution in [0.25, 0.3) is 10.8 Å². The molecule has 0 bridgehead atoms. The summed E-state index contributed by atoms with van der Waals surface area (Å²) < 4.78 is 0. The van der Waals surface area contributed by atoms with E-state index in [1.165, 1.54) is 0 Å². The van der Waals surface area contributed by atoms with Crippen molar-refractivity contribution in [1.29, 1.82) is 0 Å². The van der Waals surface area contributed by atoms with Gasteiger partial charge in [-0.2, -0.15) is 0 Å². The molecule has 3 aliphatic rings. The molecule has 41 heavy (non-hydrogen) atoms.